The molecule has 0 spiro atoms. The molecule has 2 heterocycles. The van der Waals surface area contributed by atoms with Crippen LogP contribution in [-0.2, 0) is 4.74 Å². The molecule has 22 heavy (non-hydrogen) atoms. The van der Waals surface area contributed by atoms with Crippen LogP contribution in [0.2, 0.25) is 0 Å². The topological polar surface area (TPSA) is 67.3 Å². The second kappa shape index (κ2) is 6.01. The lowest BCUT2D eigenvalue weighted by Gasteiger charge is -2.16. The number of ether oxygens (including phenoxy) is 1. The van der Waals surface area contributed by atoms with Gasteiger partial charge in [-0.3, -0.25) is 4.90 Å². The summed E-state index contributed by atoms with van der Waals surface area (Å²) in [5.74, 6) is 1.04. The van der Waals surface area contributed by atoms with Crippen LogP contribution in [0.25, 0.3) is 0 Å². The van der Waals surface area contributed by atoms with Crippen molar-refractivity contribution in [3.63, 3.8) is 0 Å². The van der Waals surface area contributed by atoms with Gasteiger partial charge in [-0.15, -0.1) is 0 Å². The Morgan fingerprint density at radius 3 is 2.73 bits per heavy atom. The number of hydrogen-bond donors (Lipinski definition) is 1. The number of amides is 1. The molecule has 1 N–H and O–H groups in total. The molecule has 0 aliphatic carbocycles. The van der Waals surface area contributed by atoms with E-state index in [4.69, 9.17) is 4.74 Å². The monoisotopic (exact) mass is 298 g/mol. The average molecular weight is 298 g/mol. The highest BCUT2D eigenvalue weighted by Gasteiger charge is 2.25. The molecule has 1 aliphatic heterocycles. The van der Waals surface area contributed by atoms with Crippen LogP contribution in [-0.4, -0.2) is 29.2 Å². The van der Waals surface area contributed by atoms with Gasteiger partial charge in [-0.05, 0) is 25.5 Å². The Bertz CT molecular complexity index is 672. The quantitative estimate of drug-likeness (QED) is 0.940. The number of nitrogens with zero attached hydrogens (tertiary/aromatic N) is 3. The van der Waals surface area contributed by atoms with Crippen molar-refractivity contribution in [1.82, 2.24) is 9.97 Å². The van der Waals surface area contributed by atoms with Gasteiger partial charge in [-0.2, -0.15) is 4.98 Å². The smallest absolute Gasteiger partial charge is 0.415 e. The van der Waals surface area contributed by atoms with E-state index < -0.39 is 0 Å². The van der Waals surface area contributed by atoms with E-state index in [-0.39, 0.29) is 12.1 Å². The number of rotatable bonds is 4. The molecule has 2 aromatic rings. The summed E-state index contributed by atoms with van der Waals surface area (Å²) in [6.45, 7) is 5.02. The van der Waals surface area contributed by atoms with Crippen LogP contribution in [0.5, 0.6) is 0 Å². The van der Waals surface area contributed by atoms with E-state index in [0.717, 1.165) is 5.56 Å². The van der Waals surface area contributed by atoms with E-state index in [2.05, 4.69) is 46.5 Å². The van der Waals surface area contributed by atoms with Crippen molar-refractivity contribution in [2.75, 3.05) is 23.4 Å². The summed E-state index contributed by atoms with van der Waals surface area (Å²) in [5, 5.41) is 3.26. The number of nitrogens with one attached hydrogen (secondary N) is 1. The summed E-state index contributed by atoms with van der Waals surface area (Å²) in [6.07, 6.45) is 1.27. The molecule has 114 valence electrons. The number of benzene rings is 1. The van der Waals surface area contributed by atoms with Crippen LogP contribution >= 0.6 is 0 Å². The molecule has 0 radical (unpaired) electrons. The first kappa shape index (κ1) is 14.3. The molecule has 1 saturated heterocycles. The van der Waals surface area contributed by atoms with Crippen LogP contribution in [0.15, 0.2) is 36.5 Å². The standard InChI is InChI=1S/C16H18N4O2/c1-11-3-5-13(6-4-11)12(2)18-15-17-8-7-14(19-15)20-9-10-22-16(20)21/h3-8,12H,9-10H2,1-2H3,(H,17,18,19)/t12-/m0/s1. The van der Waals surface area contributed by atoms with Gasteiger partial charge in [-0.1, -0.05) is 29.8 Å². The Balaban J connectivity index is 1.75. The van der Waals surface area contributed by atoms with Crippen molar-refractivity contribution in [3.8, 4) is 0 Å². The van der Waals surface area contributed by atoms with Crippen LogP contribution in [0, 0.1) is 6.92 Å². The van der Waals surface area contributed by atoms with Crippen LogP contribution in [0.3, 0.4) is 0 Å². The van der Waals surface area contributed by atoms with E-state index in [1.807, 2.05) is 6.92 Å². The predicted octanol–water partition coefficient (Wildman–Crippen LogP) is 2.91. The fraction of sp³-hybridized carbons (Fsp3) is 0.312. The van der Waals surface area contributed by atoms with Gasteiger partial charge < -0.3 is 10.1 Å². The third kappa shape index (κ3) is 3.00. The summed E-state index contributed by atoms with van der Waals surface area (Å²) in [5.41, 5.74) is 2.38. The number of carbonyl (C=O) groups is 1. The number of hydrogen-bond acceptors (Lipinski definition) is 5. The number of aromatic nitrogens is 2. The van der Waals surface area contributed by atoms with Gasteiger partial charge in [-0.25, -0.2) is 9.78 Å². The lowest BCUT2D eigenvalue weighted by molar-refractivity contribution is 0.181. The van der Waals surface area contributed by atoms with E-state index in [1.54, 1.807) is 12.3 Å². The second-order valence-corrected chi connectivity index (χ2v) is 5.28. The first-order chi connectivity index (χ1) is 10.6. The summed E-state index contributed by atoms with van der Waals surface area (Å²) >= 11 is 0. The highest BCUT2D eigenvalue weighted by Crippen LogP contribution is 2.20. The summed E-state index contributed by atoms with van der Waals surface area (Å²) in [4.78, 5) is 21.7. The van der Waals surface area contributed by atoms with Crippen molar-refractivity contribution in [2.45, 2.75) is 19.9 Å². The molecule has 1 amide bonds. The number of anilines is 2. The van der Waals surface area contributed by atoms with Gasteiger partial charge in [0, 0.05) is 6.20 Å². The van der Waals surface area contributed by atoms with Gasteiger partial charge in [0.2, 0.25) is 5.95 Å². The Labute approximate surface area is 129 Å². The van der Waals surface area contributed by atoms with E-state index in [9.17, 15) is 4.79 Å². The SMILES string of the molecule is Cc1ccc([C@H](C)Nc2nccc(N3CCOC3=O)n2)cc1. The molecule has 1 atom stereocenters. The first-order valence-electron chi connectivity index (χ1n) is 7.24. The Morgan fingerprint density at radius 1 is 1.27 bits per heavy atom. The third-order valence-electron chi connectivity index (χ3n) is 3.60. The molecule has 0 bridgehead atoms. The van der Waals surface area contributed by atoms with Gasteiger partial charge in [0.15, 0.2) is 0 Å². The Hall–Kier alpha value is -2.63. The zero-order valence-corrected chi connectivity index (χ0v) is 12.6. The maximum atomic E-state index is 11.6. The maximum Gasteiger partial charge on any atom is 0.415 e. The van der Waals surface area contributed by atoms with Crippen molar-refractivity contribution < 1.29 is 9.53 Å². The summed E-state index contributed by atoms with van der Waals surface area (Å²) < 4.78 is 4.93. The van der Waals surface area contributed by atoms with E-state index in [1.165, 1.54) is 10.5 Å². The highest BCUT2D eigenvalue weighted by atomic mass is 16.6. The van der Waals surface area contributed by atoms with Crippen molar-refractivity contribution in [1.29, 1.82) is 0 Å². The fourth-order valence-corrected chi connectivity index (χ4v) is 2.30. The number of aryl methyl sites for hydroxylation is 1. The average Bonchev–Trinajstić information content (AvgIpc) is 2.94. The Kier molecular flexibility index (Phi) is 3.91. The zero-order chi connectivity index (χ0) is 15.5. The number of carbonyl (C=O) groups excluding carboxylic acids is 1. The zero-order valence-electron chi connectivity index (χ0n) is 12.6. The molecule has 1 aromatic heterocycles. The molecule has 1 aromatic carbocycles. The first-order valence-corrected chi connectivity index (χ1v) is 7.24. The third-order valence-corrected chi connectivity index (χ3v) is 3.60. The lowest BCUT2D eigenvalue weighted by Crippen LogP contribution is -2.25. The molecular formula is C16H18N4O2. The lowest BCUT2D eigenvalue weighted by atomic mass is 10.1. The normalized spacial score (nSPS) is 15.5. The van der Waals surface area contributed by atoms with Gasteiger partial charge in [0.1, 0.15) is 12.4 Å². The predicted molar refractivity (Wildman–Crippen MR) is 83.9 cm³/mol. The second-order valence-electron chi connectivity index (χ2n) is 5.28. The van der Waals surface area contributed by atoms with Crippen molar-refractivity contribution in [3.05, 3.63) is 47.7 Å². The molecule has 3 rings (SSSR count). The minimum Gasteiger partial charge on any atom is -0.447 e. The molecule has 6 heteroatoms. The van der Waals surface area contributed by atoms with Crippen LogP contribution < -0.4 is 10.2 Å². The van der Waals surface area contributed by atoms with Crippen LogP contribution in [0.1, 0.15) is 24.1 Å². The largest absolute Gasteiger partial charge is 0.447 e. The van der Waals surface area contributed by atoms with Gasteiger partial charge in [0.25, 0.3) is 0 Å². The fourth-order valence-electron chi connectivity index (χ4n) is 2.30. The number of cyclic esters (lactones) is 1. The van der Waals surface area contributed by atoms with Crippen molar-refractivity contribution in [2.24, 2.45) is 0 Å². The molecule has 1 aliphatic rings. The minimum atomic E-state index is -0.365. The molecular weight excluding hydrogens is 280 g/mol. The molecule has 6 nitrogen and oxygen atoms in total. The molecule has 1 fully saturated rings. The van der Waals surface area contributed by atoms with E-state index >= 15 is 0 Å². The molecule has 0 unspecified atom stereocenters. The van der Waals surface area contributed by atoms with Crippen LogP contribution in [0.4, 0.5) is 16.6 Å². The minimum absolute atomic E-state index is 0.0707. The van der Waals surface area contributed by atoms with E-state index in [0.29, 0.717) is 24.9 Å². The Morgan fingerprint density at radius 2 is 2.05 bits per heavy atom. The van der Waals surface area contributed by atoms with Crippen molar-refractivity contribution >= 4 is 17.9 Å². The maximum absolute atomic E-state index is 11.6. The summed E-state index contributed by atoms with van der Waals surface area (Å²) in [6, 6.07) is 10.1. The molecule has 0 saturated carbocycles. The van der Waals surface area contributed by atoms with Gasteiger partial charge >= 0.3 is 6.09 Å². The summed E-state index contributed by atoms with van der Waals surface area (Å²) in [7, 11) is 0. The van der Waals surface area contributed by atoms with Gasteiger partial charge in [0.05, 0.1) is 12.6 Å². The highest BCUT2D eigenvalue weighted by molar-refractivity contribution is 5.88.